The van der Waals surface area contributed by atoms with E-state index < -0.39 is 0 Å². The molecule has 3 heteroatoms. The van der Waals surface area contributed by atoms with Gasteiger partial charge < -0.3 is 11.1 Å². The second kappa shape index (κ2) is 5.22. The Kier molecular flexibility index (Phi) is 4.22. The van der Waals surface area contributed by atoms with E-state index in [4.69, 9.17) is 5.73 Å². The smallest absolute Gasteiger partial charge is 0.220 e. The highest BCUT2D eigenvalue weighted by Gasteiger charge is 2.26. The fourth-order valence-electron chi connectivity index (χ4n) is 1.75. The molecule has 0 bridgehead atoms. The molecule has 0 atom stereocenters. The Bertz CT molecular complexity index is 164. The van der Waals surface area contributed by atoms with Crippen molar-refractivity contribution in [2.75, 3.05) is 6.54 Å². The van der Waals surface area contributed by atoms with Crippen LogP contribution in [0.1, 0.15) is 39.0 Å². The average Bonchev–Trinajstić information content (AvgIpc) is 2.02. The lowest BCUT2D eigenvalue weighted by Gasteiger charge is -2.33. The van der Waals surface area contributed by atoms with Gasteiger partial charge in [0.1, 0.15) is 0 Å². The Morgan fingerprint density at radius 1 is 1.46 bits per heavy atom. The van der Waals surface area contributed by atoms with Crippen LogP contribution < -0.4 is 11.1 Å². The molecule has 1 saturated carbocycles. The lowest BCUT2D eigenvalue weighted by Crippen LogP contribution is -2.43. The number of nitrogens with two attached hydrogens (primary N) is 1. The third kappa shape index (κ3) is 3.77. The van der Waals surface area contributed by atoms with Gasteiger partial charge >= 0.3 is 0 Å². The molecule has 0 radical (unpaired) electrons. The van der Waals surface area contributed by atoms with Crippen molar-refractivity contribution in [1.82, 2.24) is 5.32 Å². The van der Waals surface area contributed by atoms with Crippen LogP contribution in [0, 0.1) is 5.92 Å². The van der Waals surface area contributed by atoms with Gasteiger partial charge in [0.25, 0.3) is 0 Å². The normalized spacial score (nSPS) is 26.6. The van der Waals surface area contributed by atoms with Gasteiger partial charge in [-0.3, -0.25) is 4.79 Å². The van der Waals surface area contributed by atoms with E-state index in [0.29, 0.717) is 19.0 Å². The number of unbranched alkanes of at least 4 members (excludes halogenated alkanes) is 1. The molecule has 0 aromatic heterocycles. The Morgan fingerprint density at radius 2 is 2.15 bits per heavy atom. The van der Waals surface area contributed by atoms with Crippen LogP contribution in [0.4, 0.5) is 0 Å². The van der Waals surface area contributed by atoms with Crippen molar-refractivity contribution < 1.29 is 4.79 Å². The summed E-state index contributed by atoms with van der Waals surface area (Å²) in [5, 5.41) is 3.03. The van der Waals surface area contributed by atoms with Crippen molar-refractivity contribution in [2.45, 2.75) is 45.1 Å². The first-order valence-corrected chi connectivity index (χ1v) is 5.21. The van der Waals surface area contributed by atoms with Crippen molar-refractivity contribution >= 4 is 5.91 Å². The summed E-state index contributed by atoms with van der Waals surface area (Å²) >= 11 is 0. The zero-order valence-corrected chi connectivity index (χ0v) is 8.38. The maximum atomic E-state index is 11.3. The molecule has 0 aromatic carbocycles. The largest absolute Gasteiger partial charge is 0.353 e. The SMILES string of the molecule is CC1CC(NC(=O)CCCCN)C1. The maximum Gasteiger partial charge on any atom is 0.220 e. The Hall–Kier alpha value is -0.570. The number of amides is 1. The molecular formula is C10H20N2O. The third-order valence-electron chi connectivity index (χ3n) is 2.60. The zero-order chi connectivity index (χ0) is 9.68. The topological polar surface area (TPSA) is 55.1 Å². The van der Waals surface area contributed by atoms with Crippen molar-refractivity contribution in [3.63, 3.8) is 0 Å². The minimum atomic E-state index is 0.199. The second-order valence-corrected chi connectivity index (χ2v) is 4.09. The predicted molar refractivity (Wildman–Crippen MR) is 53.2 cm³/mol. The third-order valence-corrected chi connectivity index (χ3v) is 2.60. The Labute approximate surface area is 80.1 Å². The molecule has 1 aliphatic rings. The van der Waals surface area contributed by atoms with Gasteiger partial charge in [-0.15, -0.1) is 0 Å². The summed E-state index contributed by atoms with van der Waals surface area (Å²) in [5.41, 5.74) is 5.34. The van der Waals surface area contributed by atoms with Crippen LogP contribution >= 0.6 is 0 Å². The highest BCUT2D eigenvalue weighted by Crippen LogP contribution is 2.26. The first-order valence-electron chi connectivity index (χ1n) is 5.21. The molecule has 0 spiro atoms. The summed E-state index contributed by atoms with van der Waals surface area (Å²) in [6, 6.07) is 0.459. The van der Waals surface area contributed by atoms with Crippen LogP contribution in [0.15, 0.2) is 0 Å². The number of carbonyl (C=O) groups is 1. The van der Waals surface area contributed by atoms with E-state index >= 15 is 0 Å². The minimum absolute atomic E-state index is 0.199. The predicted octanol–water partition coefficient (Wildman–Crippen LogP) is 1.03. The first kappa shape index (κ1) is 10.5. The van der Waals surface area contributed by atoms with Crippen LogP contribution in [0.25, 0.3) is 0 Å². The Balaban J connectivity index is 1.98. The summed E-state index contributed by atoms with van der Waals surface area (Å²) in [5.74, 6) is 1.000. The maximum absolute atomic E-state index is 11.3. The van der Waals surface area contributed by atoms with Gasteiger partial charge in [0.15, 0.2) is 0 Å². The van der Waals surface area contributed by atoms with E-state index in [1.807, 2.05) is 0 Å². The number of rotatable bonds is 5. The Morgan fingerprint density at radius 3 is 2.69 bits per heavy atom. The molecule has 3 nitrogen and oxygen atoms in total. The van der Waals surface area contributed by atoms with Crippen molar-refractivity contribution in [3.8, 4) is 0 Å². The fourth-order valence-corrected chi connectivity index (χ4v) is 1.75. The summed E-state index contributed by atoms with van der Waals surface area (Å²) in [6.45, 7) is 2.91. The number of nitrogens with one attached hydrogen (secondary N) is 1. The molecule has 1 amide bonds. The van der Waals surface area contributed by atoms with Crippen LogP contribution in [-0.4, -0.2) is 18.5 Å². The zero-order valence-electron chi connectivity index (χ0n) is 8.38. The van der Waals surface area contributed by atoms with Crippen LogP contribution in [0.3, 0.4) is 0 Å². The number of carbonyl (C=O) groups excluding carboxylic acids is 1. The lowest BCUT2D eigenvalue weighted by atomic mass is 9.82. The number of hydrogen-bond acceptors (Lipinski definition) is 2. The van der Waals surface area contributed by atoms with Crippen LogP contribution in [0.2, 0.25) is 0 Å². The minimum Gasteiger partial charge on any atom is -0.353 e. The van der Waals surface area contributed by atoms with Crippen molar-refractivity contribution in [3.05, 3.63) is 0 Å². The number of hydrogen-bond donors (Lipinski definition) is 2. The van der Waals surface area contributed by atoms with Gasteiger partial charge in [0.05, 0.1) is 0 Å². The van der Waals surface area contributed by atoms with Gasteiger partial charge in [0.2, 0.25) is 5.91 Å². The van der Waals surface area contributed by atoms with E-state index in [1.54, 1.807) is 0 Å². The fraction of sp³-hybridized carbons (Fsp3) is 0.900. The molecule has 0 aromatic rings. The van der Waals surface area contributed by atoms with Crippen molar-refractivity contribution in [2.24, 2.45) is 11.7 Å². The molecule has 76 valence electrons. The monoisotopic (exact) mass is 184 g/mol. The highest BCUT2D eigenvalue weighted by molar-refractivity contribution is 5.76. The molecule has 0 unspecified atom stereocenters. The van der Waals surface area contributed by atoms with Crippen LogP contribution in [-0.2, 0) is 4.79 Å². The molecule has 1 rings (SSSR count). The van der Waals surface area contributed by atoms with Crippen LogP contribution in [0.5, 0.6) is 0 Å². The van der Waals surface area contributed by atoms with E-state index in [-0.39, 0.29) is 5.91 Å². The lowest BCUT2D eigenvalue weighted by molar-refractivity contribution is -0.122. The molecule has 13 heavy (non-hydrogen) atoms. The standard InChI is InChI=1S/C10H20N2O/c1-8-6-9(7-8)12-10(13)4-2-3-5-11/h8-9H,2-7,11H2,1H3,(H,12,13). The molecule has 3 N–H and O–H groups in total. The molecule has 1 fully saturated rings. The summed E-state index contributed by atoms with van der Waals surface area (Å²) in [4.78, 5) is 11.3. The van der Waals surface area contributed by atoms with Gasteiger partial charge in [-0.05, 0) is 38.1 Å². The molecule has 0 aliphatic heterocycles. The summed E-state index contributed by atoms with van der Waals surface area (Å²) < 4.78 is 0. The van der Waals surface area contributed by atoms with E-state index in [2.05, 4.69) is 12.2 Å². The van der Waals surface area contributed by atoms with E-state index in [0.717, 1.165) is 31.6 Å². The van der Waals surface area contributed by atoms with Gasteiger partial charge in [-0.2, -0.15) is 0 Å². The quantitative estimate of drug-likeness (QED) is 0.627. The van der Waals surface area contributed by atoms with Gasteiger partial charge in [-0.25, -0.2) is 0 Å². The molecule has 0 saturated heterocycles. The van der Waals surface area contributed by atoms with E-state index in [1.165, 1.54) is 0 Å². The molecule has 0 heterocycles. The first-order chi connectivity index (χ1) is 6.22. The molecule has 1 aliphatic carbocycles. The summed E-state index contributed by atoms with van der Waals surface area (Å²) in [7, 11) is 0. The highest BCUT2D eigenvalue weighted by atomic mass is 16.1. The average molecular weight is 184 g/mol. The van der Waals surface area contributed by atoms with Gasteiger partial charge in [0, 0.05) is 12.5 Å². The second-order valence-electron chi connectivity index (χ2n) is 4.09. The van der Waals surface area contributed by atoms with Crippen molar-refractivity contribution in [1.29, 1.82) is 0 Å². The van der Waals surface area contributed by atoms with E-state index in [9.17, 15) is 4.79 Å². The molecular weight excluding hydrogens is 164 g/mol. The van der Waals surface area contributed by atoms with Gasteiger partial charge in [-0.1, -0.05) is 6.92 Å². The summed E-state index contributed by atoms with van der Waals surface area (Å²) in [6.07, 6.45) is 4.83.